The minimum Gasteiger partial charge on any atom is -0.497 e. The van der Waals surface area contributed by atoms with E-state index in [1.54, 1.807) is 37.1 Å². The van der Waals surface area contributed by atoms with E-state index in [4.69, 9.17) is 14.5 Å². The SMILES string of the molecule is CCOC(=O)C1=C(c2ccccc2)N=c2sc(=Cc3cccnc3)c(=O)n2[C@H]1c1cccc(OC)c1. The topological polar surface area (TPSA) is 82.8 Å². The summed E-state index contributed by atoms with van der Waals surface area (Å²) in [5, 5.41) is 0. The molecule has 0 amide bonds. The summed E-state index contributed by atoms with van der Waals surface area (Å²) in [5.74, 6) is 0.0981. The monoisotopic (exact) mass is 497 g/mol. The second-order valence-corrected chi connectivity index (χ2v) is 9.00. The van der Waals surface area contributed by atoms with E-state index in [9.17, 15) is 9.59 Å². The number of hydrogen-bond acceptors (Lipinski definition) is 7. The van der Waals surface area contributed by atoms with E-state index >= 15 is 0 Å². The number of thiazole rings is 1. The van der Waals surface area contributed by atoms with Gasteiger partial charge in [-0.25, -0.2) is 9.79 Å². The largest absolute Gasteiger partial charge is 0.497 e. The third kappa shape index (κ3) is 4.38. The Balaban J connectivity index is 1.85. The first kappa shape index (κ1) is 23.4. The number of ether oxygens (including phenoxy) is 2. The van der Waals surface area contributed by atoms with E-state index in [1.165, 1.54) is 11.3 Å². The molecule has 3 heterocycles. The van der Waals surface area contributed by atoms with Crippen molar-refractivity contribution >= 4 is 29.1 Å². The van der Waals surface area contributed by atoms with Crippen LogP contribution in [0.5, 0.6) is 5.75 Å². The van der Waals surface area contributed by atoms with Crippen molar-refractivity contribution in [1.82, 2.24) is 9.55 Å². The summed E-state index contributed by atoms with van der Waals surface area (Å²) in [6.07, 6.45) is 5.16. The summed E-state index contributed by atoms with van der Waals surface area (Å²) in [5.41, 5.74) is 2.82. The molecule has 1 aliphatic rings. The molecule has 0 radical (unpaired) electrons. The van der Waals surface area contributed by atoms with Crippen LogP contribution in [-0.4, -0.2) is 29.2 Å². The Morgan fingerprint density at radius 1 is 1.11 bits per heavy atom. The van der Waals surface area contributed by atoms with Crippen LogP contribution >= 0.6 is 11.3 Å². The Hall–Kier alpha value is -4.30. The summed E-state index contributed by atoms with van der Waals surface area (Å²) in [6, 6.07) is 19.8. The van der Waals surface area contributed by atoms with Crippen LogP contribution in [0.3, 0.4) is 0 Å². The molecule has 0 bridgehead atoms. The Labute approximate surface area is 211 Å². The molecule has 2 aromatic carbocycles. The number of methoxy groups -OCH3 is 1. The van der Waals surface area contributed by atoms with Crippen LogP contribution in [0.1, 0.15) is 29.7 Å². The summed E-state index contributed by atoms with van der Waals surface area (Å²) < 4.78 is 13.0. The molecule has 0 N–H and O–H groups in total. The van der Waals surface area contributed by atoms with Gasteiger partial charge in [0.05, 0.1) is 35.6 Å². The number of esters is 1. The van der Waals surface area contributed by atoms with Crippen LogP contribution < -0.4 is 19.6 Å². The van der Waals surface area contributed by atoms with Crippen molar-refractivity contribution in [3.05, 3.63) is 121 Å². The van der Waals surface area contributed by atoms with Gasteiger partial charge in [-0.3, -0.25) is 14.3 Å². The normalized spacial score (nSPS) is 15.3. The Morgan fingerprint density at radius 2 is 1.94 bits per heavy atom. The average Bonchev–Trinajstić information content (AvgIpc) is 3.23. The highest BCUT2D eigenvalue weighted by Crippen LogP contribution is 2.36. The molecule has 1 atom stereocenters. The maximum Gasteiger partial charge on any atom is 0.338 e. The fraction of sp³-hybridized carbons (Fsp3) is 0.143. The van der Waals surface area contributed by atoms with Crippen molar-refractivity contribution in [2.45, 2.75) is 13.0 Å². The quantitative estimate of drug-likeness (QED) is 0.382. The summed E-state index contributed by atoms with van der Waals surface area (Å²) >= 11 is 1.27. The van der Waals surface area contributed by atoms with Crippen LogP contribution in [0.15, 0.2) is 94.5 Å². The van der Waals surface area contributed by atoms with E-state index in [0.29, 0.717) is 26.4 Å². The summed E-state index contributed by atoms with van der Waals surface area (Å²) in [7, 11) is 1.58. The summed E-state index contributed by atoms with van der Waals surface area (Å²) in [4.78, 5) is 36.7. The van der Waals surface area contributed by atoms with Gasteiger partial charge < -0.3 is 9.47 Å². The molecular weight excluding hydrogens is 474 g/mol. The van der Waals surface area contributed by atoms with E-state index < -0.39 is 12.0 Å². The predicted octanol–water partition coefficient (Wildman–Crippen LogP) is 3.34. The molecule has 0 aliphatic carbocycles. The fourth-order valence-electron chi connectivity index (χ4n) is 4.18. The number of hydrogen-bond donors (Lipinski definition) is 0. The van der Waals surface area contributed by atoms with E-state index in [-0.39, 0.29) is 12.2 Å². The van der Waals surface area contributed by atoms with Crippen molar-refractivity contribution in [3.63, 3.8) is 0 Å². The van der Waals surface area contributed by atoms with Crippen LogP contribution in [0, 0.1) is 0 Å². The van der Waals surface area contributed by atoms with Gasteiger partial charge in [-0.1, -0.05) is 59.9 Å². The molecule has 1 aliphatic heterocycles. The number of nitrogens with zero attached hydrogens (tertiary/aromatic N) is 3. The zero-order valence-electron chi connectivity index (χ0n) is 19.8. The van der Waals surface area contributed by atoms with Gasteiger partial charge in [0.1, 0.15) is 5.75 Å². The second-order valence-electron chi connectivity index (χ2n) is 7.99. The highest BCUT2D eigenvalue weighted by atomic mass is 32.1. The van der Waals surface area contributed by atoms with Gasteiger partial charge in [0.2, 0.25) is 0 Å². The molecule has 180 valence electrons. The molecule has 4 aromatic rings. The van der Waals surface area contributed by atoms with Crippen molar-refractivity contribution in [2.75, 3.05) is 13.7 Å². The number of fused-ring (bicyclic) bond motifs is 1. The van der Waals surface area contributed by atoms with Gasteiger partial charge in [-0.05, 0) is 42.3 Å². The van der Waals surface area contributed by atoms with Crippen molar-refractivity contribution in [2.24, 2.45) is 4.99 Å². The van der Waals surface area contributed by atoms with E-state index in [0.717, 1.165) is 16.7 Å². The first-order chi connectivity index (χ1) is 17.6. The molecule has 7 nitrogen and oxygen atoms in total. The minimum absolute atomic E-state index is 0.195. The van der Waals surface area contributed by atoms with Crippen molar-refractivity contribution in [1.29, 1.82) is 0 Å². The lowest BCUT2D eigenvalue weighted by Crippen LogP contribution is -2.40. The van der Waals surface area contributed by atoms with Gasteiger partial charge >= 0.3 is 5.97 Å². The van der Waals surface area contributed by atoms with Crippen LogP contribution in [-0.2, 0) is 9.53 Å². The van der Waals surface area contributed by atoms with Crippen LogP contribution in [0.4, 0.5) is 0 Å². The lowest BCUT2D eigenvalue weighted by molar-refractivity contribution is -0.138. The maximum absolute atomic E-state index is 13.8. The standard InChI is InChI=1S/C28H23N3O4S/c1-3-35-27(33)23-24(19-10-5-4-6-11-19)30-28-31(25(23)20-12-7-13-21(16-20)34-2)26(32)22(36-28)15-18-9-8-14-29-17-18/h4-17,25H,3H2,1-2H3/t25-/m0/s1. The maximum atomic E-state index is 13.8. The highest BCUT2D eigenvalue weighted by molar-refractivity contribution is 7.07. The predicted molar refractivity (Wildman–Crippen MR) is 138 cm³/mol. The van der Waals surface area contributed by atoms with E-state index in [1.807, 2.05) is 66.7 Å². The molecule has 8 heteroatoms. The van der Waals surface area contributed by atoms with E-state index in [2.05, 4.69) is 4.98 Å². The van der Waals surface area contributed by atoms with Gasteiger partial charge in [-0.2, -0.15) is 0 Å². The zero-order chi connectivity index (χ0) is 25.1. The number of benzene rings is 2. The van der Waals surface area contributed by atoms with Gasteiger partial charge in [0, 0.05) is 18.0 Å². The van der Waals surface area contributed by atoms with Gasteiger partial charge in [-0.15, -0.1) is 0 Å². The molecule has 0 spiro atoms. The molecular formula is C28H23N3O4S. The molecule has 5 rings (SSSR count). The van der Waals surface area contributed by atoms with Crippen molar-refractivity contribution in [3.8, 4) is 5.75 Å². The number of carbonyl (C=O) groups is 1. The van der Waals surface area contributed by atoms with Crippen molar-refractivity contribution < 1.29 is 14.3 Å². The Bertz CT molecular complexity index is 1620. The number of pyridine rings is 1. The third-order valence-corrected chi connectivity index (χ3v) is 6.75. The van der Waals surface area contributed by atoms with Gasteiger partial charge in [0.25, 0.3) is 5.56 Å². The average molecular weight is 498 g/mol. The number of carbonyl (C=O) groups excluding carboxylic acids is 1. The molecule has 0 saturated carbocycles. The Morgan fingerprint density at radius 3 is 2.67 bits per heavy atom. The molecule has 0 saturated heterocycles. The minimum atomic E-state index is -0.748. The first-order valence-electron chi connectivity index (χ1n) is 11.4. The first-order valence-corrected chi connectivity index (χ1v) is 12.2. The summed E-state index contributed by atoms with van der Waals surface area (Å²) in [6.45, 7) is 1.95. The van der Waals surface area contributed by atoms with Crippen LogP contribution in [0.25, 0.3) is 11.8 Å². The van der Waals surface area contributed by atoms with Crippen LogP contribution in [0.2, 0.25) is 0 Å². The molecule has 2 aromatic heterocycles. The Kier molecular flexibility index (Phi) is 6.60. The fourth-order valence-corrected chi connectivity index (χ4v) is 5.18. The third-order valence-electron chi connectivity index (χ3n) is 5.77. The van der Waals surface area contributed by atoms with Gasteiger partial charge in [0.15, 0.2) is 4.80 Å². The number of rotatable bonds is 6. The molecule has 36 heavy (non-hydrogen) atoms. The molecule has 0 unspecified atom stereocenters. The lowest BCUT2D eigenvalue weighted by Gasteiger charge is -2.26. The molecule has 0 fully saturated rings. The zero-order valence-corrected chi connectivity index (χ0v) is 20.6. The highest BCUT2D eigenvalue weighted by Gasteiger charge is 2.35. The second kappa shape index (κ2) is 10.1. The smallest absolute Gasteiger partial charge is 0.338 e. The number of aromatic nitrogens is 2. The lowest BCUT2D eigenvalue weighted by atomic mass is 9.93.